The minimum Gasteiger partial charge on any atom is -0.483 e. The van der Waals surface area contributed by atoms with E-state index in [2.05, 4.69) is 54.2 Å². The Morgan fingerprint density at radius 3 is 2.57 bits per heavy atom. The van der Waals surface area contributed by atoms with Gasteiger partial charge >= 0.3 is 0 Å². The largest absolute Gasteiger partial charge is 0.483 e. The fourth-order valence-electron chi connectivity index (χ4n) is 1.80. The Balaban J connectivity index is 2.02. The summed E-state index contributed by atoms with van der Waals surface area (Å²) in [6, 6.07) is 4.09. The van der Waals surface area contributed by atoms with Gasteiger partial charge in [0.25, 0.3) is 0 Å². The Bertz CT molecular complexity index is 579. The SMILES string of the molecule is CCCNCc1cc(Br)c(OCc2noc(C)n2)c(Br)c1. The molecule has 7 heteroatoms. The van der Waals surface area contributed by atoms with E-state index in [9.17, 15) is 0 Å². The summed E-state index contributed by atoms with van der Waals surface area (Å²) in [7, 11) is 0. The zero-order valence-corrected chi connectivity index (χ0v) is 15.1. The van der Waals surface area contributed by atoms with Gasteiger partial charge in [0.05, 0.1) is 8.95 Å². The Morgan fingerprint density at radius 1 is 1.29 bits per heavy atom. The van der Waals surface area contributed by atoms with Gasteiger partial charge < -0.3 is 14.6 Å². The molecule has 0 spiro atoms. The normalized spacial score (nSPS) is 10.9. The lowest BCUT2D eigenvalue weighted by Crippen LogP contribution is -2.13. The Morgan fingerprint density at radius 2 is 2.00 bits per heavy atom. The molecule has 5 nitrogen and oxygen atoms in total. The molecule has 0 aliphatic rings. The van der Waals surface area contributed by atoms with Crippen molar-refractivity contribution in [3.05, 3.63) is 38.4 Å². The number of aromatic nitrogens is 2. The molecular formula is C14H17Br2N3O2. The van der Waals surface area contributed by atoms with E-state index in [0.29, 0.717) is 11.7 Å². The highest BCUT2D eigenvalue weighted by Crippen LogP contribution is 2.35. The van der Waals surface area contributed by atoms with Crippen LogP contribution in [0.2, 0.25) is 0 Å². The van der Waals surface area contributed by atoms with Crippen LogP contribution in [0.15, 0.2) is 25.6 Å². The maximum atomic E-state index is 5.75. The minimum atomic E-state index is 0.266. The summed E-state index contributed by atoms with van der Waals surface area (Å²) >= 11 is 7.08. The van der Waals surface area contributed by atoms with Crippen molar-refractivity contribution in [1.29, 1.82) is 0 Å². The molecule has 2 rings (SSSR count). The number of benzene rings is 1. The van der Waals surface area contributed by atoms with Crippen molar-refractivity contribution in [3.63, 3.8) is 0 Å². The van der Waals surface area contributed by atoms with Crippen molar-refractivity contribution in [3.8, 4) is 5.75 Å². The molecule has 0 bridgehead atoms. The van der Waals surface area contributed by atoms with Gasteiger partial charge in [0.1, 0.15) is 5.75 Å². The number of ether oxygens (including phenoxy) is 1. The minimum absolute atomic E-state index is 0.266. The number of nitrogens with one attached hydrogen (secondary N) is 1. The number of halogens is 2. The standard InChI is InChI=1S/C14H17Br2N3O2/c1-3-4-17-7-10-5-11(15)14(12(16)6-10)20-8-13-18-9(2)21-19-13/h5-6,17H,3-4,7-8H2,1-2H3. The summed E-state index contributed by atoms with van der Waals surface area (Å²) < 4.78 is 12.5. The molecular weight excluding hydrogens is 402 g/mol. The molecule has 2 aromatic rings. The van der Waals surface area contributed by atoms with Gasteiger partial charge in [0.2, 0.25) is 11.7 Å². The second kappa shape index (κ2) is 7.91. The first kappa shape index (κ1) is 16.5. The fraction of sp³-hybridized carbons (Fsp3) is 0.429. The molecule has 1 aromatic carbocycles. The molecule has 0 fully saturated rings. The van der Waals surface area contributed by atoms with Gasteiger partial charge in [-0.1, -0.05) is 12.1 Å². The lowest BCUT2D eigenvalue weighted by atomic mass is 10.2. The molecule has 0 atom stereocenters. The van der Waals surface area contributed by atoms with E-state index in [1.54, 1.807) is 6.92 Å². The summed E-state index contributed by atoms with van der Waals surface area (Å²) in [6.45, 7) is 6.00. The number of nitrogens with zero attached hydrogens (tertiary/aromatic N) is 2. The number of rotatable bonds is 7. The third-order valence-corrected chi connectivity index (χ3v) is 3.91. The molecule has 21 heavy (non-hydrogen) atoms. The van der Waals surface area contributed by atoms with Crippen molar-refractivity contribution in [2.24, 2.45) is 0 Å². The van der Waals surface area contributed by atoms with E-state index in [4.69, 9.17) is 9.26 Å². The van der Waals surface area contributed by atoms with Crippen LogP contribution in [0.5, 0.6) is 5.75 Å². The summed E-state index contributed by atoms with van der Waals surface area (Å²) in [5.74, 6) is 1.79. The lowest BCUT2D eigenvalue weighted by Gasteiger charge is -2.11. The summed E-state index contributed by atoms with van der Waals surface area (Å²) in [5.41, 5.74) is 1.19. The molecule has 1 N–H and O–H groups in total. The van der Waals surface area contributed by atoms with Crippen LogP contribution in [0.4, 0.5) is 0 Å². The first-order valence-corrected chi connectivity index (χ1v) is 8.29. The van der Waals surface area contributed by atoms with Crippen molar-refractivity contribution in [2.75, 3.05) is 6.54 Å². The first-order valence-electron chi connectivity index (χ1n) is 6.70. The van der Waals surface area contributed by atoms with Crippen molar-refractivity contribution >= 4 is 31.9 Å². The van der Waals surface area contributed by atoms with Crippen molar-refractivity contribution in [2.45, 2.75) is 33.4 Å². The molecule has 0 aliphatic carbocycles. The van der Waals surface area contributed by atoms with Gasteiger partial charge in [-0.25, -0.2) is 0 Å². The summed E-state index contributed by atoms with van der Waals surface area (Å²) in [5, 5.41) is 7.18. The zero-order valence-electron chi connectivity index (χ0n) is 11.9. The van der Waals surface area contributed by atoms with Crippen LogP contribution in [0.1, 0.15) is 30.6 Å². The van der Waals surface area contributed by atoms with Gasteiger partial charge in [-0.3, -0.25) is 0 Å². The Labute approximate surface area is 140 Å². The van der Waals surface area contributed by atoms with Crippen molar-refractivity contribution in [1.82, 2.24) is 15.5 Å². The van der Waals surface area contributed by atoms with E-state index >= 15 is 0 Å². The first-order chi connectivity index (χ1) is 10.1. The average Bonchev–Trinajstić information content (AvgIpc) is 2.84. The maximum absolute atomic E-state index is 5.75. The third kappa shape index (κ3) is 4.79. The van der Waals surface area contributed by atoms with E-state index in [1.165, 1.54) is 5.56 Å². The topological polar surface area (TPSA) is 60.2 Å². The van der Waals surface area contributed by atoms with E-state index in [1.807, 2.05) is 12.1 Å². The highest BCUT2D eigenvalue weighted by molar-refractivity contribution is 9.11. The predicted octanol–water partition coefficient (Wildman–Crippen LogP) is 3.98. The van der Waals surface area contributed by atoms with E-state index in [-0.39, 0.29) is 6.61 Å². The molecule has 0 aliphatic heterocycles. The highest BCUT2D eigenvalue weighted by atomic mass is 79.9. The van der Waals surface area contributed by atoms with Crippen molar-refractivity contribution < 1.29 is 9.26 Å². The molecule has 1 aromatic heterocycles. The fourth-order valence-corrected chi connectivity index (χ4v) is 3.31. The van der Waals surface area contributed by atoms with Gasteiger partial charge in [-0.05, 0) is 62.5 Å². The maximum Gasteiger partial charge on any atom is 0.223 e. The van der Waals surface area contributed by atoms with Crippen LogP contribution in [0, 0.1) is 6.92 Å². The molecule has 1 heterocycles. The van der Waals surface area contributed by atoms with Crippen LogP contribution < -0.4 is 10.1 Å². The van der Waals surface area contributed by atoms with E-state index in [0.717, 1.165) is 34.2 Å². The molecule has 0 radical (unpaired) electrons. The average molecular weight is 419 g/mol. The van der Waals surface area contributed by atoms with E-state index < -0.39 is 0 Å². The van der Waals surface area contributed by atoms with Gasteiger partial charge in [-0.15, -0.1) is 0 Å². The Kier molecular flexibility index (Phi) is 6.20. The van der Waals surface area contributed by atoms with Crippen LogP contribution >= 0.6 is 31.9 Å². The quantitative estimate of drug-likeness (QED) is 0.689. The zero-order chi connectivity index (χ0) is 15.2. The number of hydrogen-bond donors (Lipinski definition) is 1. The molecule has 114 valence electrons. The summed E-state index contributed by atoms with van der Waals surface area (Å²) in [6.07, 6.45) is 1.12. The molecule has 0 saturated heterocycles. The van der Waals surface area contributed by atoms with Crippen LogP contribution in [-0.2, 0) is 13.2 Å². The van der Waals surface area contributed by atoms with Gasteiger partial charge in [0.15, 0.2) is 6.61 Å². The van der Waals surface area contributed by atoms with Gasteiger partial charge in [-0.2, -0.15) is 4.98 Å². The highest BCUT2D eigenvalue weighted by Gasteiger charge is 2.11. The van der Waals surface area contributed by atoms with Crippen LogP contribution in [-0.4, -0.2) is 16.7 Å². The molecule has 0 saturated carbocycles. The van der Waals surface area contributed by atoms with Crippen LogP contribution in [0.3, 0.4) is 0 Å². The van der Waals surface area contributed by atoms with Gasteiger partial charge in [0, 0.05) is 13.5 Å². The smallest absolute Gasteiger partial charge is 0.223 e. The third-order valence-electron chi connectivity index (χ3n) is 2.73. The number of aryl methyl sites for hydroxylation is 1. The lowest BCUT2D eigenvalue weighted by molar-refractivity contribution is 0.282. The predicted molar refractivity (Wildman–Crippen MR) is 87.2 cm³/mol. The molecule has 0 unspecified atom stereocenters. The second-order valence-electron chi connectivity index (χ2n) is 4.58. The molecule has 0 amide bonds. The number of hydrogen-bond acceptors (Lipinski definition) is 5. The summed E-state index contributed by atoms with van der Waals surface area (Å²) in [4.78, 5) is 4.11. The second-order valence-corrected chi connectivity index (χ2v) is 6.29. The van der Waals surface area contributed by atoms with Crippen LogP contribution in [0.25, 0.3) is 0 Å². The Hall–Kier alpha value is -0.920. The monoisotopic (exact) mass is 417 g/mol.